The highest BCUT2D eigenvalue weighted by Crippen LogP contribution is 2.21. The summed E-state index contributed by atoms with van der Waals surface area (Å²) in [7, 11) is 1.43. The summed E-state index contributed by atoms with van der Waals surface area (Å²) in [5.41, 5.74) is 0.595. The molecule has 0 fully saturated rings. The van der Waals surface area contributed by atoms with E-state index in [4.69, 9.17) is 5.11 Å². The molecule has 0 aliphatic rings. The van der Waals surface area contributed by atoms with Gasteiger partial charge in [0.2, 0.25) is 0 Å². The van der Waals surface area contributed by atoms with Crippen LogP contribution < -0.4 is 5.32 Å². The quantitative estimate of drug-likeness (QED) is 0.865. The van der Waals surface area contributed by atoms with Crippen molar-refractivity contribution >= 4 is 17.6 Å². The van der Waals surface area contributed by atoms with Crippen molar-refractivity contribution in [2.45, 2.75) is 26.8 Å². The van der Waals surface area contributed by atoms with Gasteiger partial charge in [0.1, 0.15) is 17.8 Å². The molecule has 0 saturated heterocycles. The first-order valence-electron chi connectivity index (χ1n) is 6.61. The number of hydrogen-bond acceptors (Lipinski definition) is 4. The van der Waals surface area contributed by atoms with Crippen molar-refractivity contribution in [1.82, 2.24) is 19.6 Å². The molecule has 0 aliphatic heterocycles. The molecule has 1 amide bonds. The normalized spacial score (nSPS) is 11.0. The van der Waals surface area contributed by atoms with Crippen molar-refractivity contribution in [3.8, 4) is 0 Å². The molecular weight excluding hydrogens is 312 g/mol. The Morgan fingerprint density at radius 2 is 2.04 bits per heavy atom. The van der Waals surface area contributed by atoms with Gasteiger partial charge in [-0.15, -0.1) is 0 Å². The molecule has 23 heavy (non-hydrogen) atoms. The third-order valence-corrected chi connectivity index (χ3v) is 3.32. The van der Waals surface area contributed by atoms with E-state index in [1.54, 1.807) is 13.8 Å². The average molecular weight is 327 g/mol. The maximum Gasteiger partial charge on any atom is 0.339 e. The lowest BCUT2D eigenvalue weighted by atomic mass is 10.2. The number of aryl methyl sites for hydroxylation is 2. The fourth-order valence-corrected chi connectivity index (χ4v) is 2.22. The summed E-state index contributed by atoms with van der Waals surface area (Å²) in [4.78, 5) is 23.5. The van der Waals surface area contributed by atoms with Crippen molar-refractivity contribution in [1.29, 1.82) is 0 Å². The minimum absolute atomic E-state index is 0.141. The van der Waals surface area contributed by atoms with Gasteiger partial charge in [-0.2, -0.15) is 10.2 Å². The SMILES string of the molecule is Cc1nn(CC(F)F)c(C)c1NC(=O)c1c(C(=O)O)cnn1C. The fraction of sp³-hybridized carbons (Fsp3) is 0.385. The van der Waals surface area contributed by atoms with Crippen LogP contribution in [0.3, 0.4) is 0 Å². The monoisotopic (exact) mass is 327 g/mol. The molecule has 0 saturated carbocycles. The molecule has 0 bridgehead atoms. The highest BCUT2D eigenvalue weighted by Gasteiger charge is 2.24. The molecule has 0 atom stereocenters. The Hall–Kier alpha value is -2.78. The summed E-state index contributed by atoms with van der Waals surface area (Å²) in [6.45, 7) is 2.51. The number of nitrogens with zero attached hydrogens (tertiary/aromatic N) is 4. The van der Waals surface area contributed by atoms with Gasteiger partial charge >= 0.3 is 5.97 Å². The molecule has 2 aromatic rings. The van der Waals surface area contributed by atoms with Crippen molar-refractivity contribution in [3.05, 3.63) is 28.8 Å². The number of carbonyl (C=O) groups excluding carboxylic acids is 1. The zero-order valence-corrected chi connectivity index (χ0v) is 12.7. The first-order valence-corrected chi connectivity index (χ1v) is 6.61. The number of aromatic carboxylic acids is 1. The van der Waals surface area contributed by atoms with Gasteiger partial charge < -0.3 is 10.4 Å². The minimum atomic E-state index is -2.58. The first-order chi connectivity index (χ1) is 10.7. The van der Waals surface area contributed by atoms with E-state index in [1.807, 2.05) is 0 Å². The van der Waals surface area contributed by atoms with Crippen LogP contribution in [0, 0.1) is 13.8 Å². The molecular formula is C13H15F2N5O3. The molecule has 0 spiro atoms. The summed E-state index contributed by atoms with van der Waals surface area (Å²) < 4.78 is 27.2. The maximum absolute atomic E-state index is 12.5. The van der Waals surface area contributed by atoms with E-state index in [9.17, 15) is 18.4 Å². The zero-order chi connectivity index (χ0) is 17.3. The van der Waals surface area contributed by atoms with Crippen LogP contribution >= 0.6 is 0 Å². The van der Waals surface area contributed by atoms with Crippen LogP contribution in [-0.4, -0.2) is 43.0 Å². The van der Waals surface area contributed by atoms with Crippen LogP contribution in [0.15, 0.2) is 6.20 Å². The number of carboxylic acid groups (broad SMARTS) is 1. The highest BCUT2D eigenvalue weighted by atomic mass is 19.3. The average Bonchev–Trinajstić information content (AvgIpc) is 2.94. The predicted octanol–water partition coefficient (Wildman–Crippen LogP) is 1.45. The van der Waals surface area contributed by atoms with Crippen LogP contribution in [-0.2, 0) is 13.6 Å². The predicted molar refractivity (Wildman–Crippen MR) is 75.8 cm³/mol. The Balaban J connectivity index is 2.33. The number of aromatic nitrogens is 4. The van der Waals surface area contributed by atoms with Crippen LogP contribution in [0.4, 0.5) is 14.5 Å². The zero-order valence-electron chi connectivity index (χ0n) is 12.7. The number of rotatable bonds is 5. The number of alkyl halides is 2. The summed E-state index contributed by atoms with van der Waals surface area (Å²) >= 11 is 0. The van der Waals surface area contributed by atoms with E-state index in [0.717, 1.165) is 15.6 Å². The number of anilines is 1. The van der Waals surface area contributed by atoms with Gasteiger partial charge in [-0.3, -0.25) is 14.2 Å². The maximum atomic E-state index is 12.5. The second-order valence-corrected chi connectivity index (χ2v) is 4.91. The standard InChI is InChI=1S/C13H15F2N5O3/c1-6-10(7(2)20(18-6)5-9(14)15)17-12(21)11-8(13(22)23)4-16-19(11)3/h4,9H,5H2,1-3H3,(H,17,21)(H,22,23). The summed E-state index contributed by atoms with van der Waals surface area (Å²) in [6.07, 6.45) is -1.51. The van der Waals surface area contributed by atoms with E-state index in [-0.39, 0.29) is 16.9 Å². The third-order valence-electron chi connectivity index (χ3n) is 3.32. The molecule has 0 radical (unpaired) electrons. The number of carbonyl (C=O) groups is 2. The largest absolute Gasteiger partial charge is 0.478 e. The Kier molecular flexibility index (Phi) is 4.43. The van der Waals surface area contributed by atoms with E-state index < -0.39 is 24.8 Å². The number of hydrogen-bond donors (Lipinski definition) is 2. The summed E-state index contributed by atoms with van der Waals surface area (Å²) in [6, 6.07) is 0. The highest BCUT2D eigenvalue weighted by molar-refractivity contribution is 6.09. The van der Waals surface area contributed by atoms with Crippen LogP contribution in [0.5, 0.6) is 0 Å². The molecule has 2 aromatic heterocycles. The Bertz CT molecular complexity index is 766. The van der Waals surface area contributed by atoms with E-state index in [2.05, 4.69) is 15.5 Å². The van der Waals surface area contributed by atoms with Crippen LogP contribution in [0.25, 0.3) is 0 Å². The topological polar surface area (TPSA) is 102 Å². The number of amides is 1. The van der Waals surface area contributed by atoms with Gasteiger partial charge in [-0.25, -0.2) is 13.6 Å². The smallest absolute Gasteiger partial charge is 0.339 e. The molecule has 0 aliphatic carbocycles. The van der Waals surface area contributed by atoms with Gasteiger partial charge in [0.25, 0.3) is 12.3 Å². The van der Waals surface area contributed by atoms with Crippen molar-refractivity contribution in [3.63, 3.8) is 0 Å². The van der Waals surface area contributed by atoms with Crippen LogP contribution in [0.1, 0.15) is 32.2 Å². The van der Waals surface area contributed by atoms with Crippen molar-refractivity contribution in [2.24, 2.45) is 7.05 Å². The lowest BCUT2D eigenvalue weighted by molar-refractivity contribution is 0.0692. The van der Waals surface area contributed by atoms with Crippen molar-refractivity contribution < 1.29 is 23.5 Å². The van der Waals surface area contributed by atoms with E-state index in [0.29, 0.717) is 11.4 Å². The second-order valence-electron chi connectivity index (χ2n) is 4.91. The Morgan fingerprint density at radius 3 is 2.61 bits per heavy atom. The number of carboxylic acids is 1. The van der Waals surface area contributed by atoms with Gasteiger partial charge in [0, 0.05) is 7.05 Å². The lowest BCUT2D eigenvalue weighted by Crippen LogP contribution is -2.20. The van der Waals surface area contributed by atoms with Gasteiger partial charge in [0.05, 0.1) is 23.3 Å². The lowest BCUT2D eigenvalue weighted by Gasteiger charge is -2.08. The fourth-order valence-electron chi connectivity index (χ4n) is 2.22. The minimum Gasteiger partial charge on any atom is -0.478 e. The number of nitrogens with one attached hydrogen (secondary N) is 1. The summed E-state index contributed by atoms with van der Waals surface area (Å²) in [5, 5.41) is 19.3. The molecule has 2 heterocycles. The van der Waals surface area contributed by atoms with Crippen LogP contribution in [0.2, 0.25) is 0 Å². The molecule has 10 heteroatoms. The number of halogens is 2. The first kappa shape index (κ1) is 16.6. The summed E-state index contributed by atoms with van der Waals surface area (Å²) in [5.74, 6) is -1.99. The Morgan fingerprint density at radius 1 is 1.39 bits per heavy atom. The molecule has 2 N–H and O–H groups in total. The molecule has 8 nitrogen and oxygen atoms in total. The molecule has 0 aromatic carbocycles. The molecule has 0 unspecified atom stereocenters. The van der Waals surface area contributed by atoms with Gasteiger partial charge in [-0.1, -0.05) is 0 Å². The van der Waals surface area contributed by atoms with Gasteiger partial charge in [0.15, 0.2) is 0 Å². The van der Waals surface area contributed by atoms with Crippen molar-refractivity contribution in [2.75, 3.05) is 5.32 Å². The third kappa shape index (κ3) is 3.20. The second kappa shape index (κ2) is 6.15. The Labute approximate surface area is 129 Å². The van der Waals surface area contributed by atoms with E-state index >= 15 is 0 Å². The van der Waals surface area contributed by atoms with E-state index in [1.165, 1.54) is 7.05 Å². The molecule has 2 rings (SSSR count). The van der Waals surface area contributed by atoms with Gasteiger partial charge in [-0.05, 0) is 13.8 Å². The molecule has 124 valence electrons.